The van der Waals surface area contributed by atoms with Gasteiger partial charge in [-0.2, -0.15) is 18.3 Å². The monoisotopic (exact) mass is 356 g/mol. The summed E-state index contributed by atoms with van der Waals surface area (Å²) in [5.74, 6) is -2.85. The molecule has 3 rings (SSSR count). The highest BCUT2D eigenvalue weighted by molar-refractivity contribution is 6.04. The van der Waals surface area contributed by atoms with Crippen molar-refractivity contribution in [1.29, 1.82) is 0 Å². The third-order valence-electron chi connectivity index (χ3n) is 4.00. The molecule has 7 nitrogen and oxygen atoms in total. The summed E-state index contributed by atoms with van der Waals surface area (Å²) >= 11 is 0. The molecule has 0 spiro atoms. The average Bonchev–Trinajstić information content (AvgIpc) is 2.98. The second kappa shape index (κ2) is 6.36. The van der Waals surface area contributed by atoms with Crippen LogP contribution >= 0.6 is 0 Å². The Labute approximate surface area is 140 Å². The SMILES string of the molecule is NC(=O)c1cccc2cn(C3CCCN(OC(=O)C(F)(F)F)C3)nc12. The van der Waals surface area contributed by atoms with Gasteiger partial charge in [-0.3, -0.25) is 9.48 Å². The van der Waals surface area contributed by atoms with E-state index in [1.807, 2.05) is 0 Å². The Hall–Kier alpha value is -2.62. The van der Waals surface area contributed by atoms with Crippen LogP contribution in [0.4, 0.5) is 13.2 Å². The molecule has 1 atom stereocenters. The molecule has 1 saturated heterocycles. The molecule has 1 aromatic carbocycles. The molecule has 10 heteroatoms. The Morgan fingerprint density at radius 3 is 2.76 bits per heavy atom. The molecule has 0 bridgehead atoms. The number of carbonyl (C=O) groups is 2. The van der Waals surface area contributed by atoms with Crippen LogP contribution in [0.15, 0.2) is 24.4 Å². The molecule has 1 aliphatic heterocycles. The summed E-state index contributed by atoms with van der Waals surface area (Å²) in [5.41, 5.74) is 6.03. The summed E-state index contributed by atoms with van der Waals surface area (Å²) in [5, 5.41) is 6.03. The maximum absolute atomic E-state index is 12.3. The topological polar surface area (TPSA) is 90.5 Å². The minimum Gasteiger partial charge on any atom is -0.366 e. The number of hydroxylamine groups is 2. The molecule has 1 aromatic heterocycles. The summed E-state index contributed by atoms with van der Waals surface area (Å²) in [6.07, 6.45) is -2.15. The van der Waals surface area contributed by atoms with Crippen LogP contribution < -0.4 is 5.73 Å². The van der Waals surface area contributed by atoms with Crippen LogP contribution in [-0.2, 0) is 9.63 Å². The van der Waals surface area contributed by atoms with Gasteiger partial charge in [0, 0.05) is 18.1 Å². The molecule has 2 N–H and O–H groups in total. The van der Waals surface area contributed by atoms with E-state index in [4.69, 9.17) is 5.73 Å². The van der Waals surface area contributed by atoms with E-state index in [2.05, 4.69) is 9.94 Å². The highest BCUT2D eigenvalue weighted by Gasteiger charge is 2.43. The number of hydrogen-bond donors (Lipinski definition) is 1. The molecule has 0 aliphatic carbocycles. The molecule has 2 heterocycles. The molecule has 25 heavy (non-hydrogen) atoms. The van der Waals surface area contributed by atoms with Gasteiger partial charge in [-0.05, 0) is 18.9 Å². The molecule has 2 aromatic rings. The minimum absolute atomic E-state index is 0.0711. The van der Waals surface area contributed by atoms with Gasteiger partial charge in [0.25, 0.3) is 5.91 Å². The highest BCUT2D eigenvalue weighted by atomic mass is 19.4. The van der Waals surface area contributed by atoms with Crippen molar-refractivity contribution in [1.82, 2.24) is 14.8 Å². The van der Waals surface area contributed by atoms with E-state index < -0.39 is 18.1 Å². The summed E-state index contributed by atoms with van der Waals surface area (Å²) in [4.78, 5) is 26.8. The van der Waals surface area contributed by atoms with E-state index in [9.17, 15) is 22.8 Å². The number of nitrogens with two attached hydrogens (primary N) is 1. The van der Waals surface area contributed by atoms with Gasteiger partial charge in [-0.15, -0.1) is 5.06 Å². The first-order valence-corrected chi connectivity index (χ1v) is 7.57. The smallest absolute Gasteiger partial charge is 0.366 e. The highest BCUT2D eigenvalue weighted by Crippen LogP contribution is 2.26. The maximum atomic E-state index is 12.3. The summed E-state index contributed by atoms with van der Waals surface area (Å²) < 4.78 is 38.5. The largest absolute Gasteiger partial charge is 0.492 e. The zero-order valence-electron chi connectivity index (χ0n) is 13.0. The van der Waals surface area contributed by atoms with Crippen LogP contribution in [0.5, 0.6) is 0 Å². The second-order valence-electron chi connectivity index (χ2n) is 5.78. The molecular formula is C15H15F3N4O3. The van der Waals surface area contributed by atoms with Crippen LogP contribution in [-0.4, -0.2) is 46.0 Å². The van der Waals surface area contributed by atoms with E-state index in [1.54, 1.807) is 29.1 Å². The Morgan fingerprint density at radius 2 is 2.08 bits per heavy atom. The van der Waals surface area contributed by atoms with Gasteiger partial charge in [-0.25, -0.2) is 4.79 Å². The van der Waals surface area contributed by atoms with Gasteiger partial charge in [0.2, 0.25) is 0 Å². The first-order valence-electron chi connectivity index (χ1n) is 7.57. The summed E-state index contributed by atoms with van der Waals surface area (Å²) in [7, 11) is 0. The van der Waals surface area contributed by atoms with Crippen LogP contribution in [0.2, 0.25) is 0 Å². The molecule has 0 radical (unpaired) electrons. The van der Waals surface area contributed by atoms with Gasteiger partial charge in [-0.1, -0.05) is 12.1 Å². The van der Waals surface area contributed by atoms with Crippen molar-refractivity contribution in [3.63, 3.8) is 0 Å². The third-order valence-corrected chi connectivity index (χ3v) is 4.00. The quantitative estimate of drug-likeness (QED) is 0.906. The zero-order valence-corrected chi connectivity index (χ0v) is 13.0. The number of alkyl halides is 3. The average molecular weight is 356 g/mol. The second-order valence-corrected chi connectivity index (χ2v) is 5.78. The van der Waals surface area contributed by atoms with Crippen LogP contribution in [0.3, 0.4) is 0 Å². The first kappa shape index (κ1) is 17.2. The number of piperidine rings is 1. The fourth-order valence-corrected chi connectivity index (χ4v) is 2.84. The normalized spacial score (nSPS) is 19.1. The lowest BCUT2D eigenvalue weighted by atomic mass is 10.1. The maximum Gasteiger partial charge on any atom is 0.492 e. The Bertz CT molecular complexity index is 818. The standard InChI is InChI=1S/C15H15F3N4O3/c16-15(17,18)14(24)25-21-6-2-4-10(8-21)22-7-9-3-1-5-11(13(19)23)12(9)20-22/h1,3,5,7,10H,2,4,6,8H2,(H2,19,23). The van der Waals surface area contributed by atoms with Crippen molar-refractivity contribution in [2.45, 2.75) is 25.1 Å². The van der Waals surface area contributed by atoms with E-state index in [0.717, 1.165) is 5.06 Å². The van der Waals surface area contributed by atoms with Crippen molar-refractivity contribution in [2.24, 2.45) is 5.73 Å². The van der Waals surface area contributed by atoms with Crippen LogP contribution in [0.1, 0.15) is 29.2 Å². The first-order chi connectivity index (χ1) is 11.8. The number of amides is 1. The number of primary amides is 1. The minimum atomic E-state index is -5.04. The molecule has 1 amide bonds. The van der Waals surface area contributed by atoms with Gasteiger partial charge < -0.3 is 10.6 Å². The predicted octanol–water partition coefficient (Wildman–Crippen LogP) is 1.79. The third kappa shape index (κ3) is 3.58. The van der Waals surface area contributed by atoms with E-state index in [1.165, 1.54) is 0 Å². The van der Waals surface area contributed by atoms with Gasteiger partial charge in [0.05, 0.1) is 18.2 Å². The van der Waals surface area contributed by atoms with Crippen LogP contribution in [0, 0.1) is 0 Å². The number of hydrogen-bond acceptors (Lipinski definition) is 5. The lowest BCUT2D eigenvalue weighted by Crippen LogP contribution is -2.41. The number of aromatic nitrogens is 2. The zero-order chi connectivity index (χ0) is 18.2. The van der Waals surface area contributed by atoms with Crippen molar-refractivity contribution in [2.75, 3.05) is 13.1 Å². The number of carbonyl (C=O) groups excluding carboxylic acids is 2. The molecule has 134 valence electrons. The van der Waals surface area contributed by atoms with Gasteiger partial charge in [0.1, 0.15) is 5.52 Å². The molecule has 0 saturated carbocycles. The number of halogens is 3. The van der Waals surface area contributed by atoms with E-state index in [0.29, 0.717) is 23.7 Å². The number of rotatable bonds is 3. The number of nitrogens with zero attached hydrogens (tertiary/aromatic N) is 3. The summed E-state index contributed by atoms with van der Waals surface area (Å²) in [6, 6.07) is 4.70. The molecular weight excluding hydrogens is 341 g/mol. The van der Waals surface area contributed by atoms with Crippen molar-refractivity contribution in [3.05, 3.63) is 30.0 Å². The Morgan fingerprint density at radius 1 is 1.32 bits per heavy atom. The lowest BCUT2D eigenvalue weighted by Gasteiger charge is -2.31. The lowest BCUT2D eigenvalue weighted by molar-refractivity contribution is -0.243. The van der Waals surface area contributed by atoms with E-state index in [-0.39, 0.29) is 24.7 Å². The number of fused-ring (bicyclic) bond motifs is 1. The van der Waals surface area contributed by atoms with Gasteiger partial charge in [0.15, 0.2) is 0 Å². The predicted molar refractivity (Wildman–Crippen MR) is 80.2 cm³/mol. The molecule has 1 unspecified atom stereocenters. The van der Waals surface area contributed by atoms with Crippen LogP contribution in [0.25, 0.3) is 10.9 Å². The Balaban J connectivity index is 1.80. The molecule has 1 fully saturated rings. The van der Waals surface area contributed by atoms with E-state index >= 15 is 0 Å². The van der Waals surface area contributed by atoms with Crippen molar-refractivity contribution in [3.8, 4) is 0 Å². The Kier molecular flexibility index (Phi) is 4.38. The molecule has 1 aliphatic rings. The van der Waals surface area contributed by atoms with Crippen molar-refractivity contribution < 1.29 is 27.6 Å². The fraction of sp³-hybridized carbons (Fsp3) is 0.400. The summed E-state index contributed by atoms with van der Waals surface area (Å²) in [6.45, 7) is 0.285. The van der Waals surface area contributed by atoms with Gasteiger partial charge >= 0.3 is 12.1 Å². The fourth-order valence-electron chi connectivity index (χ4n) is 2.84. The number of benzene rings is 1. The van der Waals surface area contributed by atoms with Crippen molar-refractivity contribution >= 4 is 22.8 Å².